The van der Waals surface area contributed by atoms with E-state index in [0.717, 1.165) is 0 Å². The minimum atomic E-state index is -3.98. The van der Waals surface area contributed by atoms with Gasteiger partial charge in [0.1, 0.15) is 0 Å². The van der Waals surface area contributed by atoms with E-state index in [4.69, 9.17) is 0 Å². The zero-order valence-electron chi connectivity index (χ0n) is 34.9. The largest absolute Gasteiger partial charge is 0.147 e. The van der Waals surface area contributed by atoms with E-state index in [9.17, 15) is 0 Å². The first-order valence-electron chi connectivity index (χ1n) is 19.9. The molecule has 0 saturated heterocycles. The summed E-state index contributed by atoms with van der Waals surface area (Å²) >= 11 is -3.98. The Morgan fingerprint density at radius 2 is 1.04 bits per heavy atom. The van der Waals surface area contributed by atoms with Crippen LogP contribution in [0.15, 0.2) is 127 Å². The second-order valence-electron chi connectivity index (χ2n) is 19.5. The van der Waals surface area contributed by atoms with Crippen molar-refractivity contribution in [1.82, 2.24) is 0 Å². The van der Waals surface area contributed by atoms with Crippen molar-refractivity contribution < 1.29 is 17.4 Å². The summed E-state index contributed by atoms with van der Waals surface area (Å²) in [6.07, 6.45) is 5.18. The van der Waals surface area contributed by atoms with Crippen LogP contribution >= 0.6 is 24.8 Å². The molecule has 4 heteroatoms. The fraction of sp³-hybridized carbons (Fsp3) is 0.269. The van der Waals surface area contributed by atoms with Crippen LogP contribution in [0.3, 0.4) is 0 Å². The molecule has 8 rings (SSSR count). The maximum absolute atomic E-state index is 3.98. The van der Waals surface area contributed by atoms with Crippen molar-refractivity contribution >= 4 is 60.2 Å². The Balaban J connectivity index is 0.00000266. The molecule has 56 heavy (non-hydrogen) atoms. The SMILES string of the molecule is CC1=Cc2c(-c3ccc(C(C)(C)C)cc3)ccc(C)c2[CH]1[Zr]([CH3])([CH3])(=[SiH2])[CH]1C(c2cccc3ccccc23)=Cc2c(-c3ccc(C(C)(C)C)cc3)cccc21.Cl.Cl. The Morgan fingerprint density at radius 1 is 0.518 bits per heavy atom. The van der Waals surface area contributed by atoms with Gasteiger partial charge in [-0.2, -0.15) is 0 Å². The van der Waals surface area contributed by atoms with Crippen molar-refractivity contribution in [2.45, 2.75) is 82.7 Å². The molecule has 0 radical (unpaired) electrons. The van der Waals surface area contributed by atoms with E-state index in [2.05, 4.69) is 205 Å². The van der Waals surface area contributed by atoms with Crippen molar-refractivity contribution in [3.05, 3.63) is 171 Å². The predicted octanol–water partition coefficient (Wildman–Crippen LogP) is 15.0. The van der Waals surface area contributed by atoms with Gasteiger partial charge in [-0.25, -0.2) is 0 Å². The van der Waals surface area contributed by atoms with Crippen molar-refractivity contribution in [3.63, 3.8) is 0 Å². The van der Waals surface area contributed by atoms with Gasteiger partial charge in [-0.1, -0.05) is 0 Å². The number of allylic oxidation sites excluding steroid dienone is 2. The summed E-state index contributed by atoms with van der Waals surface area (Å²) in [6.45, 7) is 21.0. The monoisotopic (exact) mass is 870 g/mol. The third-order valence-electron chi connectivity index (χ3n) is 12.8. The van der Waals surface area contributed by atoms with E-state index in [1.807, 2.05) is 0 Å². The summed E-state index contributed by atoms with van der Waals surface area (Å²) in [5.41, 5.74) is 20.2. The van der Waals surface area contributed by atoms with Crippen molar-refractivity contribution in [2.75, 3.05) is 0 Å². The molecule has 0 N–H and O–H groups in total. The molecule has 6 aromatic carbocycles. The summed E-state index contributed by atoms with van der Waals surface area (Å²) in [5, 5.41) is 2.66. The standard InChI is InChI=1S/C29H25.C21H23.2CH3.2ClH.H2Si.Zr/c1-29(2,3)24-16-14-21(15-17-24)26-12-7-10-22-18-23(19-28(22)26)27-13-6-9-20-8-4-5-11-25(20)27;1-14-12-19-15(2)6-11-18(20(19)13-14)16-7-9-17(10-8-16)21(3,4)5;;;;;;/h4-19H,1-3H3;6-13H,1-5H3;2*1H3;2*1H;1H2;. The van der Waals surface area contributed by atoms with Crippen LogP contribution in [0.2, 0.25) is 9.26 Å². The summed E-state index contributed by atoms with van der Waals surface area (Å²) in [4.78, 5) is 0. The number of halogens is 2. The Hall–Kier alpha value is -3.26. The normalized spacial score (nSPS) is 16.7. The van der Waals surface area contributed by atoms with E-state index in [-0.39, 0.29) is 35.6 Å². The molecule has 0 spiro atoms. The van der Waals surface area contributed by atoms with Gasteiger partial charge in [0.05, 0.1) is 0 Å². The Labute approximate surface area is 351 Å². The molecule has 0 bridgehead atoms. The summed E-state index contributed by atoms with van der Waals surface area (Å²) in [7, 11) is 0. The van der Waals surface area contributed by atoms with Gasteiger partial charge in [-0.05, 0) is 0 Å². The molecule has 2 atom stereocenters. The van der Waals surface area contributed by atoms with Crippen molar-refractivity contribution in [1.29, 1.82) is 0 Å². The van der Waals surface area contributed by atoms with E-state index in [1.54, 1.807) is 5.56 Å². The van der Waals surface area contributed by atoms with Crippen LogP contribution in [-0.2, 0) is 28.2 Å². The Bertz CT molecular complexity index is 2600. The first-order valence-corrected chi connectivity index (χ1v) is 33.5. The average Bonchev–Trinajstić information content (AvgIpc) is 3.71. The van der Waals surface area contributed by atoms with Gasteiger partial charge < -0.3 is 0 Å². The fourth-order valence-corrected chi connectivity index (χ4v) is 30.1. The summed E-state index contributed by atoms with van der Waals surface area (Å²) < 4.78 is 6.35. The second-order valence-corrected chi connectivity index (χ2v) is 50.0. The Kier molecular flexibility index (Phi) is 11.2. The van der Waals surface area contributed by atoms with Crippen LogP contribution in [0.4, 0.5) is 0 Å². The van der Waals surface area contributed by atoms with Gasteiger partial charge in [0.15, 0.2) is 0 Å². The summed E-state index contributed by atoms with van der Waals surface area (Å²) in [6, 6.07) is 46.6. The molecule has 0 amide bonds. The van der Waals surface area contributed by atoms with E-state index in [1.165, 1.54) is 83.1 Å². The maximum Gasteiger partial charge on any atom is -0.147 e. The zero-order chi connectivity index (χ0) is 38.4. The molecule has 288 valence electrons. The van der Waals surface area contributed by atoms with Crippen LogP contribution in [0.1, 0.15) is 100 Å². The number of rotatable bonds is 5. The van der Waals surface area contributed by atoms with E-state index in [0.29, 0.717) is 7.25 Å². The Morgan fingerprint density at radius 3 is 1.62 bits per heavy atom. The van der Waals surface area contributed by atoms with Crippen molar-refractivity contribution in [3.8, 4) is 22.3 Å². The molecule has 2 aliphatic carbocycles. The number of aryl methyl sites for hydroxylation is 1. The van der Waals surface area contributed by atoms with Gasteiger partial charge in [0, 0.05) is 0 Å². The smallest absolute Gasteiger partial charge is 0.147 e. The fourth-order valence-electron chi connectivity index (χ4n) is 10.1. The van der Waals surface area contributed by atoms with Gasteiger partial charge in [-0.15, -0.1) is 24.8 Å². The van der Waals surface area contributed by atoms with Crippen LogP contribution in [0, 0.1) is 6.92 Å². The molecule has 0 saturated carbocycles. The van der Waals surface area contributed by atoms with Crippen LogP contribution in [0.25, 0.3) is 50.8 Å². The first kappa shape index (κ1) is 42.3. The second kappa shape index (κ2) is 14.8. The molecule has 0 aliphatic heterocycles. The van der Waals surface area contributed by atoms with Crippen molar-refractivity contribution in [2.24, 2.45) is 0 Å². The third kappa shape index (κ3) is 7.12. The maximum atomic E-state index is 2.78. The molecule has 0 nitrogen and oxygen atoms in total. The quantitative estimate of drug-likeness (QED) is 0.151. The first-order chi connectivity index (χ1) is 25.4. The average molecular weight is 873 g/mol. The minimum absolute atomic E-state index is 0. The van der Waals surface area contributed by atoms with Crippen LogP contribution in [0.5, 0.6) is 0 Å². The van der Waals surface area contributed by atoms with Crippen LogP contribution < -0.4 is 0 Å². The predicted molar refractivity (Wildman–Crippen MR) is 252 cm³/mol. The van der Waals surface area contributed by atoms with Crippen LogP contribution in [-0.4, -0.2) is 6.88 Å². The molecule has 0 aromatic heterocycles. The molecule has 2 unspecified atom stereocenters. The van der Waals surface area contributed by atoms with Gasteiger partial charge in [0.25, 0.3) is 0 Å². The zero-order valence-corrected chi connectivity index (χ0v) is 40.4. The van der Waals surface area contributed by atoms with Gasteiger partial charge >= 0.3 is 329 Å². The van der Waals surface area contributed by atoms with E-state index >= 15 is 0 Å². The minimum Gasteiger partial charge on any atom is -0.147 e. The number of fused-ring (bicyclic) bond motifs is 3. The molecule has 0 heterocycles. The number of hydrogen-bond donors (Lipinski definition) is 0. The topological polar surface area (TPSA) is 0 Å². The molecule has 0 fully saturated rings. The number of benzene rings is 6. The third-order valence-corrected chi connectivity index (χ3v) is 30.3. The molecular formula is C52H58Cl2SiZr. The summed E-state index contributed by atoms with van der Waals surface area (Å²) in [5.74, 6) is 0. The molecular weight excluding hydrogens is 815 g/mol. The number of hydrogen-bond acceptors (Lipinski definition) is 0. The van der Waals surface area contributed by atoms with Gasteiger partial charge in [0.2, 0.25) is 0 Å². The van der Waals surface area contributed by atoms with E-state index < -0.39 is 17.4 Å². The molecule has 6 aromatic rings. The van der Waals surface area contributed by atoms with Gasteiger partial charge in [-0.3, -0.25) is 0 Å². The molecule has 2 aliphatic rings.